The van der Waals surface area contributed by atoms with Gasteiger partial charge in [0.25, 0.3) is 0 Å². The number of hydrogen-bond donors (Lipinski definition) is 0. The van der Waals surface area contributed by atoms with Gasteiger partial charge >= 0.3 is 0 Å². The van der Waals surface area contributed by atoms with E-state index in [0.29, 0.717) is 0 Å². The van der Waals surface area contributed by atoms with E-state index in [-0.39, 0.29) is 0 Å². The van der Waals surface area contributed by atoms with Gasteiger partial charge in [-0.25, -0.2) is 4.57 Å². The lowest BCUT2D eigenvalue weighted by molar-refractivity contribution is -0.688. The number of hydrogen-bond acceptors (Lipinski definition) is 0. The molecule has 0 amide bonds. The summed E-state index contributed by atoms with van der Waals surface area (Å²) in [7, 11) is 0. The lowest BCUT2D eigenvalue weighted by Gasteiger charge is -2.07. The molecular formula is C24H36N+. The van der Waals surface area contributed by atoms with Crippen molar-refractivity contribution < 1.29 is 4.57 Å². The summed E-state index contributed by atoms with van der Waals surface area (Å²) in [6, 6.07) is 15.2. The molecule has 1 aromatic heterocycles. The van der Waals surface area contributed by atoms with Crippen LogP contribution in [0.25, 0.3) is 0 Å². The van der Waals surface area contributed by atoms with Crippen molar-refractivity contribution in [3.05, 3.63) is 66.0 Å². The summed E-state index contributed by atoms with van der Waals surface area (Å²) in [6.45, 7) is 3.27. The van der Waals surface area contributed by atoms with Crippen LogP contribution in [-0.4, -0.2) is 0 Å². The van der Waals surface area contributed by atoms with Gasteiger partial charge in [0, 0.05) is 17.7 Å². The lowest BCUT2D eigenvalue weighted by Crippen LogP contribution is -2.33. The van der Waals surface area contributed by atoms with Crippen molar-refractivity contribution in [2.24, 2.45) is 0 Å². The molecule has 0 bridgehead atoms. The summed E-state index contributed by atoms with van der Waals surface area (Å²) in [6.07, 6.45) is 19.6. The molecule has 0 aliphatic rings. The Morgan fingerprint density at radius 2 is 1.16 bits per heavy atom. The van der Waals surface area contributed by atoms with Gasteiger partial charge in [0.1, 0.15) is 0 Å². The molecule has 0 aliphatic heterocycles. The first-order chi connectivity index (χ1) is 12.4. The first-order valence-electron chi connectivity index (χ1n) is 10.4. The summed E-state index contributed by atoms with van der Waals surface area (Å²) >= 11 is 0. The summed E-state index contributed by atoms with van der Waals surface area (Å²) in [5.41, 5.74) is 2.99. The zero-order valence-corrected chi connectivity index (χ0v) is 16.1. The van der Waals surface area contributed by atoms with Crippen molar-refractivity contribution in [3.8, 4) is 0 Å². The molecule has 0 saturated heterocycles. The number of nitrogens with zero attached hydrogens (tertiary/aromatic N) is 1. The molecule has 136 valence electrons. The zero-order chi connectivity index (χ0) is 17.6. The van der Waals surface area contributed by atoms with Crippen molar-refractivity contribution in [1.29, 1.82) is 0 Å². The molecule has 2 aromatic rings. The molecule has 1 heteroatoms. The van der Waals surface area contributed by atoms with E-state index in [4.69, 9.17) is 0 Å². The van der Waals surface area contributed by atoms with E-state index < -0.39 is 0 Å². The van der Waals surface area contributed by atoms with Crippen LogP contribution in [0.15, 0.2) is 54.9 Å². The molecule has 0 aliphatic carbocycles. The third-order valence-corrected chi connectivity index (χ3v) is 5.05. The Hall–Kier alpha value is -1.63. The van der Waals surface area contributed by atoms with Crippen LogP contribution < -0.4 is 4.57 Å². The van der Waals surface area contributed by atoms with E-state index in [1.165, 1.54) is 81.8 Å². The third kappa shape index (κ3) is 8.34. The van der Waals surface area contributed by atoms with Crippen LogP contribution in [0.4, 0.5) is 0 Å². The molecule has 0 radical (unpaired) electrons. The van der Waals surface area contributed by atoms with Gasteiger partial charge in [-0.3, -0.25) is 0 Å². The van der Waals surface area contributed by atoms with E-state index in [2.05, 4.69) is 66.3 Å². The van der Waals surface area contributed by atoms with E-state index in [9.17, 15) is 0 Å². The van der Waals surface area contributed by atoms with Crippen molar-refractivity contribution in [3.63, 3.8) is 0 Å². The Labute approximate surface area is 155 Å². The van der Waals surface area contributed by atoms with E-state index >= 15 is 0 Å². The second-order valence-electron chi connectivity index (χ2n) is 7.25. The largest absolute Gasteiger partial charge is 0.201 e. The fourth-order valence-corrected chi connectivity index (χ4v) is 3.49. The maximum absolute atomic E-state index is 2.31. The molecule has 0 unspecified atom stereocenters. The van der Waals surface area contributed by atoms with Crippen LogP contribution in [0, 0.1) is 0 Å². The van der Waals surface area contributed by atoms with Crippen LogP contribution in [0.5, 0.6) is 0 Å². The number of unbranched alkanes of at least 4 members (excludes halogenated alkanes) is 9. The molecule has 25 heavy (non-hydrogen) atoms. The summed E-state index contributed by atoms with van der Waals surface area (Å²) in [4.78, 5) is 0. The minimum atomic E-state index is 0.981. The highest BCUT2D eigenvalue weighted by molar-refractivity contribution is 5.26. The van der Waals surface area contributed by atoms with Gasteiger partial charge in [0.2, 0.25) is 0 Å². The van der Waals surface area contributed by atoms with Gasteiger partial charge in [-0.15, -0.1) is 0 Å². The Morgan fingerprint density at radius 3 is 1.80 bits per heavy atom. The van der Waals surface area contributed by atoms with Gasteiger partial charge < -0.3 is 0 Å². The normalized spacial score (nSPS) is 10.9. The fourth-order valence-electron chi connectivity index (χ4n) is 3.49. The molecule has 0 fully saturated rings. The van der Waals surface area contributed by atoms with Gasteiger partial charge in [-0.1, -0.05) is 95.0 Å². The molecule has 1 heterocycles. The van der Waals surface area contributed by atoms with Crippen LogP contribution in [0.2, 0.25) is 0 Å². The fraction of sp³-hybridized carbons (Fsp3) is 0.542. The van der Waals surface area contributed by atoms with E-state index in [1.807, 2.05) is 0 Å². The maximum atomic E-state index is 2.31. The number of aromatic nitrogens is 1. The smallest absolute Gasteiger partial charge is 0.174 e. The number of aryl methyl sites for hydroxylation is 1. The highest BCUT2D eigenvalue weighted by atomic mass is 14.9. The van der Waals surface area contributed by atoms with Gasteiger partial charge in [-0.05, 0) is 18.4 Å². The minimum absolute atomic E-state index is 0.981. The van der Waals surface area contributed by atoms with Crippen LogP contribution >= 0.6 is 0 Å². The zero-order valence-electron chi connectivity index (χ0n) is 16.1. The molecule has 0 spiro atoms. The average molecular weight is 339 g/mol. The number of pyridine rings is 1. The van der Waals surface area contributed by atoms with E-state index in [0.717, 1.165) is 6.54 Å². The second kappa shape index (κ2) is 12.7. The first kappa shape index (κ1) is 19.7. The standard InChI is InChI=1S/C24H36N/c1-2-3-4-5-6-7-8-9-10-12-17-23-18-13-14-19-24(23)22-25-20-15-11-16-21-25/h11,13-16,18-21H,2-10,12,17,22H2,1H3/q+1. The molecular weight excluding hydrogens is 302 g/mol. The second-order valence-corrected chi connectivity index (χ2v) is 7.25. The summed E-state index contributed by atoms with van der Waals surface area (Å²) in [5, 5.41) is 0. The SMILES string of the molecule is CCCCCCCCCCCCc1ccccc1C[n+]1ccccc1. The molecule has 2 rings (SSSR count). The summed E-state index contributed by atoms with van der Waals surface area (Å²) in [5.74, 6) is 0. The molecule has 0 saturated carbocycles. The van der Waals surface area contributed by atoms with Gasteiger partial charge in [0.15, 0.2) is 18.9 Å². The third-order valence-electron chi connectivity index (χ3n) is 5.05. The molecule has 0 atom stereocenters. The number of rotatable bonds is 13. The molecule has 1 aromatic carbocycles. The lowest BCUT2D eigenvalue weighted by atomic mass is 10.00. The van der Waals surface area contributed by atoms with Crippen LogP contribution in [0.3, 0.4) is 0 Å². The Balaban J connectivity index is 1.63. The summed E-state index contributed by atoms with van der Waals surface area (Å²) < 4.78 is 2.26. The first-order valence-corrected chi connectivity index (χ1v) is 10.4. The Bertz CT molecular complexity index is 561. The monoisotopic (exact) mass is 338 g/mol. The maximum Gasteiger partial charge on any atom is 0.174 e. The quantitative estimate of drug-likeness (QED) is 0.290. The average Bonchev–Trinajstić information content (AvgIpc) is 2.65. The van der Waals surface area contributed by atoms with Gasteiger partial charge in [0.05, 0.1) is 0 Å². The van der Waals surface area contributed by atoms with Crippen molar-refractivity contribution >= 4 is 0 Å². The molecule has 1 nitrogen and oxygen atoms in total. The minimum Gasteiger partial charge on any atom is -0.201 e. The van der Waals surface area contributed by atoms with Crippen molar-refractivity contribution in [2.45, 2.75) is 84.1 Å². The molecule has 0 N–H and O–H groups in total. The highest BCUT2D eigenvalue weighted by Crippen LogP contribution is 2.15. The van der Waals surface area contributed by atoms with Crippen LogP contribution in [0.1, 0.15) is 82.3 Å². The predicted molar refractivity (Wildman–Crippen MR) is 108 cm³/mol. The van der Waals surface area contributed by atoms with Gasteiger partial charge in [-0.2, -0.15) is 0 Å². The van der Waals surface area contributed by atoms with Crippen molar-refractivity contribution in [2.75, 3.05) is 0 Å². The van der Waals surface area contributed by atoms with Crippen LogP contribution in [-0.2, 0) is 13.0 Å². The predicted octanol–water partition coefficient (Wildman–Crippen LogP) is 6.49. The van der Waals surface area contributed by atoms with Crippen molar-refractivity contribution in [1.82, 2.24) is 0 Å². The highest BCUT2D eigenvalue weighted by Gasteiger charge is 2.06. The topological polar surface area (TPSA) is 3.88 Å². The Morgan fingerprint density at radius 1 is 0.600 bits per heavy atom. The Kier molecular flexibility index (Phi) is 10.00. The van der Waals surface area contributed by atoms with E-state index in [1.54, 1.807) is 0 Å². The number of benzene rings is 1.